The number of nitrogens with zero attached hydrogens (tertiary/aromatic N) is 3. The summed E-state index contributed by atoms with van der Waals surface area (Å²) in [5.74, 6) is 0. The van der Waals surface area contributed by atoms with Gasteiger partial charge in [-0.05, 0) is 12.1 Å². The number of imidazole rings is 1. The van der Waals surface area contributed by atoms with Gasteiger partial charge in [-0.3, -0.25) is 9.47 Å². The van der Waals surface area contributed by atoms with Crippen molar-refractivity contribution in [1.82, 2.24) is 9.55 Å². The largest absolute Gasteiger partial charge is 0.333 e. The van der Waals surface area contributed by atoms with Crippen LogP contribution in [0.15, 0.2) is 49.1 Å². The van der Waals surface area contributed by atoms with Crippen molar-refractivity contribution in [2.75, 3.05) is 11.9 Å². The lowest BCUT2D eigenvalue weighted by Gasteiger charge is -2.16. The molecule has 1 amide bonds. The molecular formula is C11H11N3O. The molecule has 2 rings (SSSR count). The highest BCUT2D eigenvalue weighted by atomic mass is 16.2. The third-order valence-electron chi connectivity index (χ3n) is 2.16. The molecule has 0 aliphatic rings. The van der Waals surface area contributed by atoms with Gasteiger partial charge in [0.05, 0.1) is 0 Å². The fourth-order valence-electron chi connectivity index (χ4n) is 1.31. The smallest absolute Gasteiger partial charge is 0.297 e. The predicted molar refractivity (Wildman–Crippen MR) is 57.9 cm³/mol. The Morgan fingerprint density at radius 2 is 2.07 bits per heavy atom. The first-order chi connectivity index (χ1) is 7.29. The van der Waals surface area contributed by atoms with Crippen LogP contribution in [0, 0.1) is 0 Å². The molecule has 0 saturated heterocycles. The van der Waals surface area contributed by atoms with Gasteiger partial charge in [0.25, 0.3) is 0 Å². The molecule has 0 radical (unpaired) electrons. The zero-order valence-electron chi connectivity index (χ0n) is 8.37. The highest BCUT2D eigenvalue weighted by Gasteiger charge is 2.11. The Labute approximate surface area is 87.8 Å². The minimum absolute atomic E-state index is 0.126. The normalized spacial score (nSPS) is 9.93. The van der Waals surface area contributed by atoms with Crippen molar-refractivity contribution < 1.29 is 4.79 Å². The fourth-order valence-corrected chi connectivity index (χ4v) is 1.31. The number of carbonyl (C=O) groups excluding carboxylic acids is 1. The van der Waals surface area contributed by atoms with E-state index in [1.54, 1.807) is 24.3 Å². The van der Waals surface area contributed by atoms with Gasteiger partial charge in [0.1, 0.15) is 6.33 Å². The monoisotopic (exact) mass is 201 g/mol. The maximum Gasteiger partial charge on any atom is 0.333 e. The summed E-state index contributed by atoms with van der Waals surface area (Å²) in [4.78, 5) is 17.3. The van der Waals surface area contributed by atoms with Crippen LogP contribution in [0.3, 0.4) is 0 Å². The molecule has 4 heteroatoms. The molecule has 0 bridgehead atoms. The van der Waals surface area contributed by atoms with E-state index in [9.17, 15) is 4.79 Å². The Kier molecular flexibility index (Phi) is 2.49. The molecule has 0 N–H and O–H groups in total. The van der Waals surface area contributed by atoms with Crippen molar-refractivity contribution in [3.63, 3.8) is 0 Å². The van der Waals surface area contributed by atoms with Crippen LogP contribution in [0.4, 0.5) is 10.5 Å². The van der Waals surface area contributed by atoms with Crippen LogP contribution in [0.1, 0.15) is 0 Å². The van der Waals surface area contributed by atoms with Gasteiger partial charge in [0, 0.05) is 25.1 Å². The topological polar surface area (TPSA) is 38.1 Å². The second-order valence-electron chi connectivity index (χ2n) is 3.15. The molecule has 4 nitrogen and oxygen atoms in total. The van der Waals surface area contributed by atoms with Gasteiger partial charge < -0.3 is 0 Å². The van der Waals surface area contributed by atoms with Gasteiger partial charge in [-0.25, -0.2) is 9.78 Å². The number of amides is 1. The van der Waals surface area contributed by atoms with Crippen molar-refractivity contribution in [1.29, 1.82) is 0 Å². The Hall–Kier alpha value is -2.10. The van der Waals surface area contributed by atoms with E-state index in [1.807, 2.05) is 30.3 Å². The molecule has 0 atom stereocenters. The van der Waals surface area contributed by atoms with E-state index < -0.39 is 0 Å². The third-order valence-corrected chi connectivity index (χ3v) is 2.16. The molecule has 0 fully saturated rings. The molecule has 1 heterocycles. The Morgan fingerprint density at radius 1 is 1.33 bits per heavy atom. The molecule has 0 saturated carbocycles. The molecule has 0 aliphatic carbocycles. The lowest BCUT2D eigenvalue weighted by molar-refractivity contribution is 0.249. The van der Waals surface area contributed by atoms with Crippen LogP contribution >= 0.6 is 0 Å². The number of carbonyl (C=O) groups is 1. The van der Waals surface area contributed by atoms with E-state index >= 15 is 0 Å². The minimum atomic E-state index is -0.126. The maximum absolute atomic E-state index is 11.9. The van der Waals surface area contributed by atoms with Gasteiger partial charge in [-0.2, -0.15) is 0 Å². The van der Waals surface area contributed by atoms with Crippen molar-refractivity contribution >= 4 is 11.7 Å². The summed E-state index contributed by atoms with van der Waals surface area (Å²) in [6, 6.07) is 9.35. The summed E-state index contributed by atoms with van der Waals surface area (Å²) in [6.45, 7) is 0. The lowest BCUT2D eigenvalue weighted by Crippen LogP contribution is -2.29. The summed E-state index contributed by atoms with van der Waals surface area (Å²) in [5.41, 5.74) is 0.858. The van der Waals surface area contributed by atoms with Crippen LogP contribution in [0.2, 0.25) is 0 Å². The molecule has 0 aliphatic heterocycles. The number of hydrogen-bond donors (Lipinski definition) is 0. The highest BCUT2D eigenvalue weighted by molar-refractivity contribution is 5.92. The average Bonchev–Trinajstić information content (AvgIpc) is 2.82. The zero-order valence-corrected chi connectivity index (χ0v) is 8.37. The second kappa shape index (κ2) is 3.96. The van der Waals surface area contributed by atoms with Crippen molar-refractivity contribution in [3.8, 4) is 0 Å². The van der Waals surface area contributed by atoms with Crippen LogP contribution < -0.4 is 4.90 Å². The van der Waals surface area contributed by atoms with Gasteiger partial charge in [0.2, 0.25) is 0 Å². The lowest BCUT2D eigenvalue weighted by atomic mass is 10.3. The number of aromatic nitrogens is 2. The minimum Gasteiger partial charge on any atom is -0.297 e. The standard InChI is InChI=1S/C11H11N3O/c1-13(10-5-3-2-4-6-10)11(15)14-8-7-12-9-14/h2-9H,1H3. The Bertz CT molecular complexity index is 436. The van der Waals surface area contributed by atoms with Crippen LogP contribution in [0.5, 0.6) is 0 Å². The second-order valence-corrected chi connectivity index (χ2v) is 3.15. The van der Waals surface area contributed by atoms with Crippen LogP contribution in [-0.2, 0) is 0 Å². The van der Waals surface area contributed by atoms with Crippen LogP contribution in [0.25, 0.3) is 0 Å². The predicted octanol–water partition coefficient (Wildman–Crippen LogP) is 1.99. The molecule has 15 heavy (non-hydrogen) atoms. The summed E-state index contributed by atoms with van der Waals surface area (Å²) in [7, 11) is 1.73. The van der Waals surface area contributed by atoms with E-state index in [0.717, 1.165) is 5.69 Å². The van der Waals surface area contributed by atoms with Gasteiger partial charge in [-0.1, -0.05) is 18.2 Å². The van der Waals surface area contributed by atoms with Crippen molar-refractivity contribution in [3.05, 3.63) is 49.1 Å². The summed E-state index contributed by atoms with van der Waals surface area (Å²) in [5, 5.41) is 0. The number of benzene rings is 1. The number of para-hydroxylation sites is 1. The Morgan fingerprint density at radius 3 is 2.67 bits per heavy atom. The summed E-state index contributed by atoms with van der Waals surface area (Å²) >= 11 is 0. The Balaban J connectivity index is 2.23. The molecule has 2 aromatic rings. The zero-order chi connectivity index (χ0) is 10.7. The molecule has 0 unspecified atom stereocenters. The van der Waals surface area contributed by atoms with Crippen molar-refractivity contribution in [2.24, 2.45) is 0 Å². The molecular weight excluding hydrogens is 190 g/mol. The number of hydrogen-bond acceptors (Lipinski definition) is 2. The van der Waals surface area contributed by atoms with Crippen LogP contribution in [-0.4, -0.2) is 22.6 Å². The first-order valence-electron chi connectivity index (χ1n) is 4.60. The third kappa shape index (κ3) is 1.88. The van der Waals surface area contributed by atoms with E-state index in [0.29, 0.717) is 0 Å². The van der Waals surface area contributed by atoms with Crippen molar-refractivity contribution in [2.45, 2.75) is 0 Å². The molecule has 76 valence electrons. The quantitative estimate of drug-likeness (QED) is 0.707. The van der Waals surface area contributed by atoms with Gasteiger partial charge >= 0.3 is 6.03 Å². The first-order valence-corrected chi connectivity index (χ1v) is 4.60. The number of rotatable bonds is 1. The summed E-state index contributed by atoms with van der Waals surface area (Å²) < 4.78 is 1.44. The van der Waals surface area contributed by atoms with Gasteiger partial charge in [-0.15, -0.1) is 0 Å². The van der Waals surface area contributed by atoms with E-state index in [1.165, 1.54) is 10.9 Å². The molecule has 1 aromatic carbocycles. The summed E-state index contributed by atoms with van der Waals surface area (Å²) in [6.07, 6.45) is 4.69. The SMILES string of the molecule is CN(C(=O)n1ccnc1)c1ccccc1. The van der Waals surface area contributed by atoms with Gasteiger partial charge in [0.15, 0.2) is 0 Å². The molecule has 1 aromatic heterocycles. The van der Waals surface area contributed by atoms with E-state index in [-0.39, 0.29) is 6.03 Å². The average molecular weight is 201 g/mol. The highest BCUT2D eigenvalue weighted by Crippen LogP contribution is 2.11. The van der Waals surface area contributed by atoms with E-state index in [2.05, 4.69) is 4.98 Å². The maximum atomic E-state index is 11.9. The fraction of sp³-hybridized carbons (Fsp3) is 0.0909. The van der Waals surface area contributed by atoms with E-state index in [4.69, 9.17) is 0 Å². The first kappa shape index (κ1) is 9.45. The number of anilines is 1. The molecule has 0 spiro atoms.